The Labute approximate surface area is 128 Å². The summed E-state index contributed by atoms with van der Waals surface area (Å²) < 4.78 is 0.921. The number of rotatable bonds is 2. The van der Waals surface area contributed by atoms with Crippen molar-refractivity contribution >= 4 is 49.9 Å². The number of nitrogen functional groups attached to an aromatic ring is 1. The number of aromatic amines is 1. The first-order valence-electron chi connectivity index (χ1n) is 5.92. The molecule has 0 bridgehead atoms. The highest BCUT2D eigenvalue weighted by Crippen LogP contribution is 2.26. The molecule has 3 rings (SSSR count). The number of aromatic nitrogens is 1. The molecule has 0 saturated heterocycles. The van der Waals surface area contributed by atoms with Crippen LogP contribution in [0.5, 0.6) is 0 Å². The zero-order valence-corrected chi connectivity index (χ0v) is 12.6. The molecule has 0 aliphatic carbocycles. The van der Waals surface area contributed by atoms with Crippen LogP contribution < -0.4 is 5.73 Å². The fourth-order valence-electron chi connectivity index (χ4n) is 2.18. The van der Waals surface area contributed by atoms with E-state index in [9.17, 15) is 4.79 Å². The number of hydrogen-bond acceptors (Lipinski definition) is 2. The normalized spacial score (nSPS) is 10.9. The fourth-order valence-corrected chi connectivity index (χ4v) is 2.78. The van der Waals surface area contributed by atoms with Crippen molar-refractivity contribution in [3.05, 3.63) is 63.2 Å². The molecule has 0 spiro atoms. The number of fused-ring (bicyclic) bond motifs is 1. The number of nitrogens with two attached hydrogens (primary N) is 1. The average molecular weight is 350 g/mol. The number of anilines is 1. The number of halogens is 2. The summed E-state index contributed by atoms with van der Waals surface area (Å²) in [5.41, 5.74) is 8.20. The lowest BCUT2D eigenvalue weighted by Crippen LogP contribution is -2.01. The van der Waals surface area contributed by atoms with Crippen molar-refractivity contribution in [1.82, 2.24) is 4.98 Å². The Kier molecular flexibility index (Phi) is 3.28. The van der Waals surface area contributed by atoms with E-state index >= 15 is 0 Å². The molecule has 0 radical (unpaired) electrons. The van der Waals surface area contributed by atoms with Crippen molar-refractivity contribution in [2.45, 2.75) is 0 Å². The van der Waals surface area contributed by atoms with Gasteiger partial charge in [-0.25, -0.2) is 0 Å². The SMILES string of the molecule is Nc1cc(Cl)cc(C(=O)c2c[nH]c3ccc(Br)cc23)c1. The van der Waals surface area contributed by atoms with Gasteiger partial charge in [0, 0.05) is 43.4 Å². The monoisotopic (exact) mass is 348 g/mol. The topological polar surface area (TPSA) is 58.9 Å². The molecule has 3 aromatic rings. The van der Waals surface area contributed by atoms with Crippen molar-refractivity contribution in [3.63, 3.8) is 0 Å². The van der Waals surface area contributed by atoms with Crippen LogP contribution in [-0.4, -0.2) is 10.8 Å². The number of ketones is 1. The van der Waals surface area contributed by atoms with Gasteiger partial charge in [-0.3, -0.25) is 4.79 Å². The first-order chi connectivity index (χ1) is 9.54. The third-order valence-electron chi connectivity index (χ3n) is 3.07. The molecule has 0 aliphatic heterocycles. The zero-order valence-electron chi connectivity index (χ0n) is 10.3. The molecule has 0 fully saturated rings. The van der Waals surface area contributed by atoms with E-state index in [2.05, 4.69) is 20.9 Å². The lowest BCUT2D eigenvalue weighted by Gasteiger charge is -2.03. The van der Waals surface area contributed by atoms with Crippen molar-refractivity contribution in [1.29, 1.82) is 0 Å². The van der Waals surface area contributed by atoms with Gasteiger partial charge in [-0.15, -0.1) is 0 Å². The number of nitrogens with one attached hydrogen (secondary N) is 1. The Morgan fingerprint density at radius 1 is 1.20 bits per heavy atom. The third kappa shape index (κ3) is 2.32. The molecule has 0 amide bonds. The summed E-state index contributed by atoms with van der Waals surface area (Å²) in [5.74, 6) is -0.108. The van der Waals surface area contributed by atoms with Crippen LogP contribution in [0.1, 0.15) is 15.9 Å². The Morgan fingerprint density at radius 2 is 2.00 bits per heavy atom. The number of carbonyl (C=O) groups excluding carboxylic acids is 1. The van der Waals surface area contributed by atoms with Crippen LogP contribution in [0.15, 0.2) is 47.1 Å². The van der Waals surface area contributed by atoms with Gasteiger partial charge in [0.1, 0.15) is 0 Å². The lowest BCUT2D eigenvalue weighted by atomic mass is 10.0. The molecular formula is C15H10BrClN2O. The highest BCUT2D eigenvalue weighted by atomic mass is 79.9. The Morgan fingerprint density at radius 3 is 2.75 bits per heavy atom. The number of hydrogen-bond donors (Lipinski definition) is 2. The van der Waals surface area contributed by atoms with E-state index < -0.39 is 0 Å². The summed E-state index contributed by atoms with van der Waals surface area (Å²) in [6.45, 7) is 0. The maximum absolute atomic E-state index is 12.6. The quantitative estimate of drug-likeness (QED) is 0.532. The van der Waals surface area contributed by atoms with Crippen LogP contribution in [-0.2, 0) is 0 Å². The maximum Gasteiger partial charge on any atom is 0.195 e. The lowest BCUT2D eigenvalue weighted by molar-refractivity contribution is 0.104. The van der Waals surface area contributed by atoms with Gasteiger partial charge in [-0.05, 0) is 36.4 Å². The zero-order chi connectivity index (χ0) is 14.3. The largest absolute Gasteiger partial charge is 0.399 e. The van der Waals surface area contributed by atoms with Crippen LogP contribution in [0, 0.1) is 0 Å². The predicted molar refractivity (Wildman–Crippen MR) is 85.3 cm³/mol. The van der Waals surface area contributed by atoms with Crippen molar-refractivity contribution in [3.8, 4) is 0 Å². The average Bonchev–Trinajstić information content (AvgIpc) is 2.79. The summed E-state index contributed by atoms with van der Waals surface area (Å²) in [5, 5.41) is 1.32. The van der Waals surface area contributed by atoms with Crippen molar-refractivity contribution in [2.24, 2.45) is 0 Å². The molecular weight excluding hydrogens is 340 g/mol. The summed E-state index contributed by atoms with van der Waals surface area (Å²) in [4.78, 5) is 15.7. The van der Waals surface area contributed by atoms with Crippen molar-refractivity contribution < 1.29 is 4.79 Å². The summed E-state index contributed by atoms with van der Waals surface area (Å²) in [6.07, 6.45) is 1.70. The maximum atomic E-state index is 12.6. The van der Waals surface area contributed by atoms with Crippen LogP contribution in [0.2, 0.25) is 5.02 Å². The Bertz CT molecular complexity index is 806. The van der Waals surface area contributed by atoms with E-state index in [0.717, 1.165) is 15.4 Å². The van der Waals surface area contributed by atoms with Gasteiger partial charge in [0.05, 0.1) is 0 Å². The molecule has 1 heterocycles. The summed E-state index contributed by atoms with van der Waals surface area (Å²) >= 11 is 9.37. The second-order valence-corrected chi connectivity index (χ2v) is 5.85. The van der Waals surface area contributed by atoms with E-state index in [-0.39, 0.29) is 5.78 Å². The van der Waals surface area contributed by atoms with Gasteiger partial charge < -0.3 is 10.7 Å². The van der Waals surface area contributed by atoms with E-state index in [1.54, 1.807) is 24.4 Å². The summed E-state index contributed by atoms with van der Waals surface area (Å²) in [7, 11) is 0. The molecule has 1 aromatic heterocycles. The standard InChI is InChI=1S/C15H10BrClN2O/c16-9-1-2-14-12(5-9)13(7-19-14)15(20)8-3-10(17)6-11(18)4-8/h1-7,19H,18H2. The fraction of sp³-hybridized carbons (Fsp3) is 0. The van der Waals surface area contributed by atoms with Crippen LogP contribution in [0.4, 0.5) is 5.69 Å². The number of H-pyrrole nitrogens is 1. The molecule has 0 unspecified atom stereocenters. The van der Waals surface area contributed by atoms with Gasteiger partial charge in [-0.1, -0.05) is 27.5 Å². The van der Waals surface area contributed by atoms with E-state index in [1.165, 1.54) is 0 Å². The minimum Gasteiger partial charge on any atom is -0.399 e. The molecule has 0 aliphatic rings. The molecule has 20 heavy (non-hydrogen) atoms. The van der Waals surface area contributed by atoms with Crippen LogP contribution in [0.25, 0.3) is 10.9 Å². The van der Waals surface area contributed by atoms with Crippen LogP contribution >= 0.6 is 27.5 Å². The molecule has 0 saturated carbocycles. The van der Waals surface area contributed by atoms with E-state index in [1.807, 2.05) is 18.2 Å². The summed E-state index contributed by atoms with van der Waals surface area (Å²) in [6, 6.07) is 10.6. The van der Waals surface area contributed by atoms with E-state index in [4.69, 9.17) is 17.3 Å². The van der Waals surface area contributed by atoms with Gasteiger partial charge in [0.15, 0.2) is 5.78 Å². The Hall–Kier alpha value is -1.78. The molecule has 5 heteroatoms. The molecule has 3 nitrogen and oxygen atoms in total. The molecule has 2 aromatic carbocycles. The first kappa shape index (κ1) is 13.2. The van der Waals surface area contributed by atoms with Gasteiger partial charge in [0.25, 0.3) is 0 Å². The smallest absolute Gasteiger partial charge is 0.195 e. The number of benzene rings is 2. The minimum absolute atomic E-state index is 0.108. The predicted octanol–water partition coefficient (Wildman–Crippen LogP) is 4.40. The third-order valence-corrected chi connectivity index (χ3v) is 3.78. The van der Waals surface area contributed by atoms with Gasteiger partial charge >= 0.3 is 0 Å². The van der Waals surface area contributed by atoms with E-state index in [0.29, 0.717) is 21.8 Å². The highest BCUT2D eigenvalue weighted by Gasteiger charge is 2.15. The Balaban J connectivity index is 2.15. The molecule has 0 atom stereocenters. The van der Waals surface area contributed by atoms with Gasteiger partial charge in [-0.2, -0.15) is 0 Å². The second-order valence-electron chi connectivity index (χ2n) is 4.49. The minimum atomic E-state index is -0.108. The first-order valence-corrected chi connectivity index (χ1v) is 7.09. The van der Waals surface area contributed by atoms with Gasteiger partial charge in [0.2, 0.25) is 0 Å². The molecule has 3 N–H and O–H groups in total. The molecule has 100 valence electrons. The second kappa shape index (κ2) is 4.96. The highest BCUT2D eigenvalue weighted by molar-refractivity contribution is 9.10. The number of carbonyl (C=O) groups is 1. The van der Waals surface area contributed by atoms with Crippen molar-refractivity contribution in [2.75, 3.05) is 5.73 Å². The van der Waals surface area contributed by atoms with Crippen LogP contribution in [0.3, 0.4) is 0 Å².